The summed E-state index contributed by atoms with van der Waals surface area (Å²) in [5.74, 6) is -1.42. The third kappa shape index (κ3) is 5.43. The summed E-state index contributed by atoms with van der Waals surface area (Å²) in [6, 6.07) is 8.16. The van der Waals surface area contributed by atoms with Gasteiger partial charge < -0.3 is 24.3 Å². The zero-order valence-corrected chi connectivity index (χ0v) is 17.8. The number of hydrogen-bond acceptors (Lipinski definition) is 5. The number of ether oxygens (including phenoxy) is 1. The Hall–Kier alpha value is -3.43. The van der Waals surface area contributed by atoms with Crippen molar-refractivity contribution in [1.82, 2.24) is 15.1 Å². The molecule has 1 aromatic heterocycles. The first kappa shape index (κ1) is 23.2. The summed E-state index contributed by atoms with van der Waals surface area (Å²) >= 11 is 0. The van der Waals surface area contributed by atoms with Gasteiger partial charge in [0.1, 0.15) is 11.8 Å². The van der Waals surface area contributed by atoms with Crippen molar-refractivity contribution in [3.05, 3.63) is 54.0 Å². The van der Waals surface area contributed by atoms with Gasteiger partial charge in [0.25, 0.3) is 11.8 Å². The lowest BCUT2D eigenvalue weighted by Crippen LogP contribution is -2.57. The van der Waals surface area contributed by atoms with Crippen molar-refractivity contribution in [1.29, 1.82) is 0 Å². The van der Waals surface area contributed by atoms with Crippen molar-refractivity contribution in [2.75, 3.05) is 26.2 Å². The number of nitrogens with zero attached hydrogens (tertiary/aromatic N) is 2. The summed E-state index contributed by atoms with van der Waals surface area (Å²) in [6.07, 6.45) is 1.38. The van der Waals surface area contributed by atoms with Crippen LogP contribution in [-0.4, -0.2) is 66.4 Å². The fourth-order valence-electron chi connectivity index (χ4n) is 3.47. The molecule has 1 aromatic carbocycles. The number of alkyl halides is 2. The predicted molar refractivity (Wildman–Crippen MR) is 110 cm³/mol. The van der Waals surface area contributed by atoms with Gasteiger partial charge in [-0.3, -0.25) is 14.4 Å². The van der Waals surface area contributed by atoms with Gasteiger partial charge in [0.05, 0.1) is 11.8 Å². The van der Waals surface area contributed by atoms with Crippen LogP contribution in [0, 0.1) is 5.92 Å². The Morgan fingerprint density at radius 2 is 1.66 bits per heavy atom. The second-order valence-corrected chi connectivity index (χ2v) is 7.66. The van der Waals surface area contributed by atoms with E-state index in [1.807, 2.05) is 13.8 Å². The first-order valence-corrected chi connectivity index (χ1v) is 10.2. The lowest BCUT2D eigenvalue weighted by Gasteiger charge is -2.37. The minimum Gasteiger partial charge on any atom is -0.459 e. The van der Waals surface area contributed by atoms with Gasteiger partial charge in [-0.15, -0.1) is 0 Å². The van der Waals surface area contributed by atoms with Gasteiger partial charge in [-0.25, -0.2) is 0 Å². The second kappa shape index (κ2) is 10.3. The van der Waals surface area contributed by atoms with Crippen LogP contribution in [0.1, 0.15) is 34.8 Å². The monoisotopic (exact) mass is 449 g/mol. The van der Waals surface area contributed by atoms with Crippen molar-refractivity contribution in [3.63, 3.8) is 0 Å². The average Bonchev–Trinajstić information content (AvgIpc) is 3.31. The Morgan fingerprint density at radius 1 is 1.00 bits per heavy atom. The van der Waals surface area contributed by atoms with E-state index in [9.17, 15) is 23.2 Å². The summed E-state index contributed by atoms with van der Waals surface area (Å²) in [6.45, 7) is 1.57. The Kier molecular flexibility index (Phi) is 7.45. The van der Waals surface area contributed by atoms with Crippen molar-refractivity contribution < 1.29 is 32.3 Å². The van der Waals surface area contributed by atoms with Crippen LogP contribution in [0.15, 0.2) is 47.1 Å². The number of rotatable bonds is 7. The first-order valence-electron chi connectivity index (χ1n) is 10.2. The van der Waals surface area contributed by atoms with E-state index in [0.717, 1.165) is 0 Å². The summed E-state index contributed by atoms with van der Waals surface area (Å²) < 4.78 is 34.8. The van der Waals surface area contributed by atoms with Crippen LogP contribution in [0.3, 0.4) is 0 Å². The highest BCUT2D eigenvalue weighted by Gasteiger charge is 2.33. The Labute approximate surface area is 184 Å². The Morgan fingerprint density at radius 3 is 2.25 bits per heavy atom. The second-order valence-electron chi connectivity index (χ2n) is 7.66. The molecule has 1 aliphatic heterocycles. The molecule has 3 rings (SSSR count). The van der Waals surface area contributed by atoms with Crippen LogP contribution >= 0.6 is 0 Å². The number of hydrogen-bond donors (Lipinski definition) is 1. The van der Waals surface area contributed by atoms with Crippen LogP contribution in [0.25, 0.3) is 0 Å². The minimum absolute atomic E-state index is 0.0401. The Balaban J connectivity index is 1.62. The number of amides is 3. The number of carbonyl (C=O) groups excluding carboxylic acids is 3. The molecule has 8 nitrogen and oxygen atoms in total. The van der Waals surface area contributed by atoms with Gasteiger partial charge in [0, 0.05) is 26.2 Å². The predicted octanol–water partition coefficient (Wildman–Crippen LogP) is 2.62. The highest BCUT2D eigenvalue weighted by Crippen LogP contribution is 2.23. The zero-order valence-electron chi connectivity index (χ0n) is 17.8. The van der Waals surface area contributed by atoms with E-state index < -0.39 is 24.5 Å². The molecule has 32 heavy (non-hydrogen) atoms. The van der Waals surface area contributed by atoms with Gasteiger partial charge >= 0.3 is 6.61 Å². The maximum atomic E-state index is 13.0. The molecular formula is C22H25F2N3O5. The molecule has 1 aliphatic rings. The SMILES string of the molecule is CC(C)C(NC(=O)c1ccco1)C(=O)N1CCN(C(=O)c2ccccc2OC(F)F)CC1. The van der Waals surface area contributed by atoms with Crippen molar-refractivity contribution in [3.8, 4) is 5.75 Å². The summed E-state index contributed by atoms with van der Waals surface area (Å²) in [4.78, 5) is 41.3. The van der Waals surface area contributed by atoms with Crippen molar-refractivity contribution in [2.45, 2.75) is 26.5 Å². The molecule has 2 heterocycles. The topological polar surface area (TPSA) is 92.1 Å². The highest BCUT2D eigenvalue weighted by molar-refractivity contribution is 5.97. The number of furan rings is 1. The van der Waals surface area contributed by atoms with Crippen molar-refractivity contribution in [2.24, 2.45) is 5.92 Å². The van der Waals surface area contributed by atoms with E-state index in [1.54, 1.807) is 17.0 Å². The molecule has 1 atom stereocenters. The van der Waals surface area contributed by atoms with E-state index in [4.69, 9.17) is 4.42 Å². The van der Waals surface area contributed by atoms with E-state index >= 15 is 0 Å². The van der Waals surface area contributed by atoms with E-state index in [2.05, 4.69) is 10.1 Å². The molecule has 0 spiro atoms. The molecule has 1 fully saturated rings. The molecule has 172 valence electrons. The summed E-state index contributed by atoms with van der Waals surface area (Å²) in [5.41, 5.74) is 0.0401. The maximum absolute atomic E-state index is 13.0. The van der Waals surface area contributed by atoms with Crippen LogP contribution in [-0.2, 0) is 4.79 Å². The molecule has 0 saturated carbocycles. The van der Waals surface area contributed by atoms with Crippen molar-refractivity contribution >= 4 is 17.7 Å². The molecule has 1 N–H and O–H groups in total. The van der Waals surface area contributed by atoms with E-state index in [-0.39, 0.29) is 55.1 Å². The van der Waals surface area contributed by atoms with Gasteiger partial charge in [0.15, 0.2) is 5.76 Å². The number of carbonyl (C=O) groups is 3. The van der Waals surface area contributed by atoms with Gasteiger partial charge in [-0.2, -0.15) is 8.78 Å². The molecule has 0 aliphatic carbocycles. The first-order chi connectivity index (χ1) is 15.3. The number of para-hydroxylation sites is 1. The standard InChI is InChI=1S/C22H25F2N3O5/c1-14(2)18(25-19(28)17-8-5-13-31-17)21(30)27-11-9-26(10-12-27)20(29)15-6-3-4-7-16(15)32-22(23)24/h3-8,13-14,18,22H,9-12H2,1-2H3,(H,25,28). The fraction of sp³-hybridized carbons (Fsp3) is 0.409. The van der Waals surface area contributed by atoms with Crippen LogP contribution < -0.4 is 10.1 Å². The number of benzene rings is 1. The highest BCUT2D eigenvalue weighted by atomic mass is 19.3. The molecule has 1 saturated heterocycles. The third-order valence-electron chi connectivity index (χ3n) is 5.18. The number of halogens is 2. The molecule has 2 aromatic rings. The molecular weight excluding hydrogens is 424 g/mol. The van der Waals surface area contributed by atoms with Gasteiger partial charge in [-0.1, -0.05) is 26.0 Å². The normalized spacial score (nSPS) is 15.1. The molecule has 0 bridgehead atoms. The molecule has 3 amide bonds. The largest absolute Gasteiger partial charge is 0.459 e. The van der Waals surface area contributed by atoms with Gasteiger partial charge in [0.2, 0.25) is 5.91 Å². The number of nitrogens with one attached hydrogen (secondary N) is 1. The van der Waals surface area contributed by atoms with E-state index in [0.29, 0.717) is 0 Å². The molecule has 1 unspecified atom stereocenters. The smallest absolute Gasteiger partial charge is 0.387 e. The minimum atomic E-state index is -3.04. The molecule has 10 heteroatoms. The molecule has 0 radical (unpaired) electrons. The fourth-order valence-corrected chi connectivity index (χ4v) is 3.47. The lowest BCUT2D eigenvalue weighted by atomic mass is 10.0. The number of piperazine rings is 1. The van der Waals surface area contributed by atoms with Crippen LogP contribution in [0.5, 0.6) is 5.75 Å². The average molecular weight is 449 g/mol. The van der Waals surface area contributed by atoms with Crippen LogP contribution in [0.4, 0.5) is 8.78 Å². The maximum Gasteiger partial charge on any atom is 0.387 e. The van der Waals surface area contributed by atoms with Gasteiger partial charge in [-0.05, 0) is 30.2 Å². The zero-order chi connectivity index (χ0) is 23.3. The summed E-state index contributed by atoms with van der Waals surface area (Å²) in [5, 5.41) is 2.71. The summed E-state index contributed by atoms with van der Waals surface area (Å²) in [7, 11) is 0. The lowest BCUT2D eigenvalue weighted by molar-refractivity contribution is -0.135. The quantitative estimate of drug-likeness (QED) is 0.702. The third-order valence-corrected chi connectivity index (χ3v) is 5.18. The Bertz CT molecular complexity index is 941. The van der Waals surface area contributed by atoms with Crippen LogP contribution in [0.2, 0.25) is 0 Å². The van der Waals surface area contributed by atoms with E-state index in [1.165, 1.54) is 35.4 Å².